The fraction of sp³-hybridized carbons (Fsp3) is 0.250. The molecule has 0 radical (unpaired) electrons. The van der Waals surface area contributed by atoms with Gasteiger partial charge in [0, 0.05) is 23.9 Å². The number of carbonyl (C=O) groups is 1. The lowest BCUT2D eigenvalue weighted by molar-refractivity contribution is -0.115. The Labute approximate surface area is 148 Å². The van der Waals surface area contributed by atoms with Crippen LogP contribution in [-0.2, 0) is 24.0 Å². The highest BCUT2D eigenvalue weighted by atomic mass is 32.2. The lowest BCUT2D eigenvalue weighted by atomic mass is 10.2. The number of anilines is 1. The monoisotopic (exact) mass is 359 g/mol. The van der Waals surface area contributed by atoms with Crippen LogP contribution < -0.4 is 5.32 Å². The highest BCUT2D eigenvalue weighted by molar-refractivity contribution is 7.98. The molecule has 6 nitrogen and oxygen atoms in total. The molecular weight excluding hydrogens is 342 g/mol. The minimum atomic E-state index is -0.0499. The lowest BCUT2D eigenvalue weighted by Crippen LogP contribution is -2.15. The largest absolute Gasteiger partial charge is 0.325 e. The molecule has 124 valence electrons. The zero-order chi connectivity index (χ0) is 16.9. The van der Waals surface area contributed by atoms with Crippen molar-refractivity contribution in [3.05, 3.63) is 52.2 Å². The lowest BCUT2D eigenvalue weighted by Gasteiger charge is -2.06. The van der Waals surface area contributed by atoms with Gasteiger partial charge in [0.05, 0.1) is 12.1 Å². The number of rotatable bonds is 6. The van der Waals surface area contributed by atoms with Crippen molar-refractivity contribution in [1.29, 1.82) is 0 Å². The van der Waals surface area contributed by atoms with Crippen molar-refractivity contribution in [3.8, 4) is 0 Å². The molecule has 3 rings (SSSR count). The van der Waals surface area contributed by atoms with E-state index in [2.05, 4.69) is 20.5 Å². The summed E-state index contributed by atoms with van der Waals surface area (Å²) < 4.78 is 1.87. The van der Waals surface area contributed by atoms with E-state index in [1.807, 2.05) is 48.2 Å². The van der Waals surface area contributed by atoms with Crippen LogP contribution in [0.25, 0.3) is 0 Å². The van der Waals surface area contributed by atoms with Gasteiger partial charge in [0.15, 0.2) is 5.16 Å². The van der Waals surface area contributed by atoms with Gasteiger partial charge >= 0.3 is 0 Å². The van der Waals surface area contributed by atoms with Gasteiger partial charge < -0.3 is 9.88 Å². The summed E-state index contributed by atoms with van der Waals surface area (Å²) in [4.78, 5) is 16.7. The first kappa shape index (κ1) is 16.7. The van der Waals surface area contributed by atoms with Crippen LogP contribution in [0, 0.1) is 6.92 Å². The molecule has 0 aliphatic heterocycles. The average Bonchev–Trinajstić information content (AvgIpc) is 3.16. The number of hydrogen-bond acceptors (Lipinski definition) is 6. The summed E-state index contributed by atoms with van der Waals surface area (Å²) in [7, 11) is 1.91. The number of aromatic nitrogens is 4. The van der Waals surface area contributed by atoms with Crippen LogP contribution in [0.4, 0.5) is 5.69 Å². The maximum atomic E-state index is 12.2. The molecule has 0 saturated heterocycles. The number of benzene rings is 1. The number of carbonyl (C=O) groups excluding carboxylic acids is 1. The number of thioether (sulfide) groups is 1. The van der Waals surface area contributed by atoms with E-state index in [4.69, 9.17) is 0 Å². The maximum absolute atomic E-state index is 12.2. The van der Waals surface area contributed by atoms with Crippen LogP contribution >= 0.6 is 23.1 Å². The summed E-state index contributed by atoms with van der Waals surface area (Å²) in [5.74, 6) is 0.661. The molecule has 1 N–H and O–H groups in total. The average molecular weight is 359 g/mol. The van der Waals surface area contributed by atoms with Crippen molar-refractivity contribution in [3.63, 3.8) is 0 Å². The molecule has 3 aromatic rings. The SMILES string of the molecule is Cc1ccccc1NC(=O)Cc1nc(CSc2nncn2C)cs1. The Balaban J connectivity index is 1.55. The Hall–Kier alpha value is -2.19. The third-order valence-corrected chi connectivity index (χ3v) is 5.31. The maximum Gasteiger partial charge on any atom is 0.231 e. The highest BCUT2D eigenvalue weighted by Crippen LogP contribution is 2.22. The summed E-state index contributed by atoms with van der Waals surface area (Å²) >= 11 is 3.08. The van der Waals surface area contributed by atoms with Crippen molar-refractivity contribution in [2.24, 2.45) is 7.05 Å². The predicted octanol–water partition coefficient (Wildman–Crippen LogP) is 3.05. The van der Waals surface area contributed by atoms with Crippen molar-refractivity contribution in [2.45, 2.75) is 24.3 Å². The number of amides is 1. The van der Waals surface area contributed by atoms with Crippen LogP contribution in [0.2, 0.25) is 0 Å². The van der Waals surface area contributed by atoms with E-state index in [9.17, 15) is 4.79 Å². The van der Waals surface area contributed by atoms with Crippen LogP contribution in [0.1, 0.15) is 16.3 Å². The van der Waals surface area contributed by atoms with Crippen LogP contribution in [0.15, 0.2) is 41.1 Å². The Morgan fingerprint density at radius 2 is 2.21 bits per heavy atom. The first-order valence-corrected chi connectivity index (χ1v) is 9.24. The van der Waals surface area contributed by atoms with E-state index >= 15 is 0 Å². The van der Waals surface area contributed by atoms with Crippen molar-refractivity contribution in [2.75, 3.05) is 5.32 Å². The van der Waals surface area contributed by atoms with E-state index < -0.39 is 0 Å². The second-order valence-electron chi connectivity index (χ2n) is 5.29. The Kier molecular flexibility index (Phi) is 5.27. The van der Waals surface area contributed by atoms with E-state index in [1.165, 1.54) is 11.3 Å². The Morgan fingerprint density at radius 3 is 2.96 bits per heavy atom. The van der Waals surface area contributed by atoms with Gasteiger partial charge in [-0.1, -0.05) is 30.0 Å². The quantitative estimate of drug-likeness (QED) is 0.685. The molecule has 0 aliphatic carbocycles. The van der Waals surface area contributed by atoms with Crippen molar-refractivity contribution >= 4 is 34.7 Å². The molecule has 1 aromatic carbocycles. The Morgan fingerprint density at radius 1 is 1.38 bits per heavy atom. The summed E-state index contributed by atoms with van der Waals surface area (Å²) in [5, 5.41) is 14.5. The molecule has 24 heavy (non-hydrogen) atoms. The van der Waals surface area contributed by atoms with Gasteiger partial charge in [-0.2, -0.15) is 0 Å². The van der Waals surface area contributed by atoms with E-state index in [0.29, 0.717) is 5.75 Å². The molecule has 0 spiro atoms. The molecular formula is C16H17N5OS2. The fourth-order valence-electron chi connectivity index (χ4n) is 2.08. The molecule has 0 saturated carbocycles. The molecule has 2 aromatic heterocycles. The predicted molar refractivity (Wildman–Crippen MR) is 96.2 cm³/mol. The molecule has 0 aliphatic rings. The molecule has 0 atom stereocenters. The Bertz CT molecular complexity index is 842. The van der Waals surface area contributed by atoms with E-state index in [1.54, 1.807) is 18.1 Å². The highest BCUT2D eigenvalue weighted by Gasteiger charge is 2.10. The number of para-hydroxylation sites is 1. The molecule has 2 heterocycles. The van der Waals surface area contributed by atoms with E-state index in [0.717, 1.165) is 27.1 Å². The zero-order valence-corrected chi connectivity index (χ0v) is 15.0. The molecule has 0 unspecified atom stereocenters. The first-order chi connectivity index (χ1) is 11.6. The van der Waals surface area contributed by atoms with Crippen LogP contribution in [-0.4, -0.2) is 25.7 Å². The van der Waals surface area contributed by atoms with Gasteiger partial charge in [0.1, 0.15) is 11.3 Å². The first-order valence-electron chi connectivity index (χ1n) is 7.37. The number of thiazole rings is 1. The summed E-state index contributed by atoms with van der Waals surface area (Å²) in [6, 6.07) is 7.74. The van der Waals surface area contributed by atoms with Gasteiger partial charge in [0.25, 0.3) is 0 Å². The topological polar surface area (TPSA) is 72.7 Å². The zero-order valence-electron chi connectivity index (χ0n) is 13.4. The molecule has 1 amide bonds. The number of aryl methyl sites for hydroxylation is 2. The second-order valence-corrected chi connectivity index (χ2v) is 7.17. The van der Waals surface area contributed by atoms with Crippen LogP contribution in [0.5, 0.6) is 0 Å². The van der Waals surface area contributed by atoms with E-state index in [-0.39, 0.29) is 12.3 Å². The number of nitrogens with one attached hydrogen (secondary N) is 1. The smallest absolute Gasteiger partial charge is 0.231 e. The number of nitrogens with zero attached hydrogens (tertiary/aromatic N) is 4. The summed E-state index contributed by atoms with van der Waals surface area (Å²) in [6.45, 7) is 1.97. The standard InChI is InChI=1S/C16H17N5OS2/c1-11-5-3-4-6-13(11)19-14(22)7-15-18-12(8-23-15)9-24-16-20-17-10-21(16)2/h3-6,8,10H,7,9H2,1-2H3,(H,19,22). The van der Waals surface area contributed by atoms with Gasteiger partial charge in [-0.15, -0.1) is 21.5 Å². The van der Waals surface area contributed by atoms with Crippen LogP contribution in [0.3, 0.4) is 0 Å². The van der Waals surface area contributed by atoms with Crippen molar-refractivity contribution in [1.82, 2.24) is 19.7 Å². The second kappa shape index (κ2) is 7.59. The van der Waals surface area contributed by atoms with Crippen molar-refractivity contribution < 1.29 is 4.79 Å². The van der Waals surface area contributed by atoms with Gasteiger partial charge in [-0.3, -0.25) is 4.79 Å². The molecule has 8 heteroatoms. The van der Waals surface area contributed by atoms with Gasteiger partial charge in [-0.05, 0) is 18.6 Å². The number of hydrogen-bond donors (Lipinski definition) is 1. The normalized spacial score (nSPS) is 10.8. The minimum absolute atomic E-state index is 0.0499. The third kappa shape index (κ3) is 4.21. The molecule has 0 bridgehead atoms. The molecule has 0 fully saturated rings. The summed E-state index contributed by atoms with van der Waals surface area (Å²) in [6.07, 6.45) is 1.96. The minimum Gasteiger partial charge on any atom is -0.325 e. The third-order valence-electron chi connectivity index (χ3n) is 3.35. The summed E-state index contributed by atoms with van der Waals surface area (Å²) in [5.41, 5.74) is 2.84. The van der Waals surface area contributed by atoms with Gasteiger partial charge in [0.2, 0.25) is 5.91 Å². The fourth-order valence-corrected chi connectivity index (χ4v) is 3.76. The van der Waals surface area contributed by atoms with Gasteiger partial charge in [-0.25, -0.2) is 4.98 Å².